The smallest absolute Gasteiger partial charge is 0.203 e. The maximum Gasteiger partial charge on any atom is 0.203 e. The predicted molar refractivity (Wildman–Crippen MR) is 87.5 cm³/mol. The summed E-state index contributed by atoms with van der Waals surface area (Å²) in [7, 11) is 3.32. The summed E-state index contributed by atoms with van der Waals surface area (Å²) in [5.41, 5.74) is 2.21. The van der Waals surface area contributed by atoms with Crippen molar-refractivity contribution in [3.8, 4) is 23.0 Å². The van der Waals surface area contributed by atoms with Crippen LogP contribution in [-0.2, 0) is 13.1 Å². The Morgan fingerprint density at radius 3 is 2.57 bits per heavy atom. The first-order valence-electron chi connectivity index (χ1n) is 7.61. The largest absolute Gasteiger partial charge is 0.496 e. The molecule has 0 atom stereocenters. The molecule has 0 aromatic heterocycles. The van der Waals surface area contributed by atoms with Gasteiger partial charge in [0.2, 0.25) is 5.75 Å². The van der Waals surface area contributed by atoms with Crippen LogP contribution in [0.2, 0.25) is 0 Å². The monoisotopic (exact) mass is 315 g/mol. The Morgan fingerprint density at radius 2 is 1.74 bits per heavy atom. The van der Waals surface area contributed by atoms with Crippen molar-refractivity contribution in [3.63, 3.8) is 0 Å². The molecule has 0 spiro atoms. The molecule has 23 heavy (non-hydrogen) atoms. The third kappa shape index (κ3) is 3.51. The van der Waals surface area contributed by atoms with Crippen LogP contribution in [0.5, 0.6) is 23.0 Å². The molecule has 1 N–H and O–H groups in total. The number of fused-ring (bicyclic) bond motifs is 1. The minimum absolute atomic E-state index is 0.550. The first-order chi connectivity index (χ1) is 11.3. The lowest BCUT2D eigenvalue weighted by Crippen LogP contribution is -2.17. The summed E-state index contributed by atoms with van der Waals surface area (Å²) in [5.74, 6) is 3.02. The molecule has 0 saturated heterocycles. The molecule has 0 radical (unpaired) electrons. The average molecular weight is 315 g/mol. The third-order valence-electron chi connectivity index (χ3n) is 3.72. The molecule has 1 heterocycles. The maximum atomic E-state index is 5.65. The molecule has 3 rings (SSSR count). The predicted octanol–water partition coefficient (Wildman–Crippen LogP) is 2.76. The van der Waals surface area contributed by atoms with E-state index in [4.69, 9.17) is 18.9 Å². The normalized spacial score (nSPS) is 12.8. The van der Waals surface area contributed by atoms with Gasteiger partial charge in [-0.15, -0.1) is 0 Å². The van der Waals surface area contributed by atoms with Gasteiger partial charge in [-0.2, -0.15) is 0 Å². The molecule has 0 unspecified atom stereocenters. The fourth-order valence-electron chi connectivity index (χ4n) is 2.62. The number of nitrogens with one attached hydrogen (secondary N) is 1. The van der Waals surface area contributed by atoms with Gasteiger partial charge < -0.3 is 24.3 Å². The highest BCUT2D eigenvalue weighted by Crippen LogP contribution is 2.40. The van der Waals surface area contributed by atoms with E-state index in [-0.39, 0.29) is 0 Å². The van der Waals surface area contributed by atoms with Gasteiger partial charge in [0.1, 0.15) is 19.0 Å². The Labute approximate surface area is 136 Å². The summed E-state index contributed by atoms with van der Waals surface area (Å²) in [6.45, 7) is 2.54. The summed E-state index contributed by atoms with van der Waals surface area (Å²) < 4.78 is 22.0. The number of rotatable bonds is 6. The van der Waals surface area contributed by atoms with E-state index in [1.165, 1.54) is 0 Å². The van der Waals surface area contributed by atoms with E-state index in [9.17, 15) is 0 Å². The zero-order valence-corrected chi connectivity index (χ0v) is 13.4. The Kier molecular flexibility index (Phi) is 4.88. The minimum Gasteiger partial charge on any atom is -0.496 e. The molecular weight excluding hydrogens is 294 g/mol. The topological polar surface area (TPSA) is 49.0 Å². The lowest BCUT2D eigenvalue weighted by Gasteiger charge is -2.21. The van der Waals surface area contributed by atoms with Crippen LogP contribution in [-0.4, -0.2) is 27.4 Å². The summed E-state index contributed by atoms with van der Waals surface area (Å²) in [5, 5.41) is 3.42. The van der Waals surface area contributed by atoms with Crippen LogP contribution in [0.15, 0.2) is 36.4 Å². The maximum absolute atomic E-state index is 5.65. The lowest BCUT2D eigenvalue weighted by atomic mass is 10.1. The molecule has 2 aromatic carbocycles. The molecule has 0 aliphatic carbocycles. The number of ether oxygens (including phenoxy) is 4. The van der Waals surface area contributed by atoms with Crippen molar-refractivity contribution < 1.29 is 18.9 Å². The van der Waals surface area contributed by atoms with E-state index < -0.39 is 0 Å². The summed E-state index contributed by atoms with van der Waals surface area (Å²) >= 11 is 0. The molecule has 0 bridgehead atoms. The number of methoxy groups -OCH3 is 2. The van der Waals surface area contributed by atoms with Crippen LogP contribution in [0.1, 0.15) is 11.1 Å². The van der Waals surface area contributed by atoms with Crippen molar-refractivity contribution in [2.45, 2.75) is 13.1 Å². The molecular formula is C18H21NO4. The fraction of sp³-hybridized carbons (Fsp3) is 0.333. The summed E-state index contributed by atoms with van der Waals surface area (Å²) in [6, 6.07) is 12.0. The van der Waals surface area contributed by atoms with Gasteiger partial charge in [-0.3, -0.25) is 0 Å². The lowest BCUT2D eigenvalue weighted by molar-refractivity contribution is 0.165. The highest BCUT2D eigenvalue weighted by Gasteiger charge is 2.18. The SMILES string of the molecule is COc1ccccc1CNCc1cc(OC)c2c(c1)OCCO2. The van der Waals surface area contributed by atoms with Crippen molar-refractivity contribution in [1.82, 2.24) is 5.32 Å². The molecule has 2 aromatic rings. The van der Waals surface area contributed by atoms with E-state index >= 15 is 0 Å². The average Bonchev–Trinajstić information content (AvgIpc) is 2.61. The second-order valence-corrected chi connectivity index (χ2v) is 5.24. The van der Waals surface area contributed by atoms with E-state index in [0.717, 1.165) is 29.2 Å². The quantitative estimate of drug-likeness (QED) is 0.888. The zero-order chi connectivity index (χ0) is 16.1. The summed E-state index contributed by atoms with van der Waals surface area (Å²) in [4.78, 5) is 0. The van der Waals surface area contributed by atoms with Gasteiger partial charge in [-0.1, -0.05) is 18.2 Å². The molecule has 0 saturated carbocycles. The van der Waals surface area contributed by atoms with Gasteiger partial charge in [0.15, 0.2) is 11.5 Å². The minimum atomic E-state index is 0.550. The van der Waals surface area contributed by atoms with Crippen LogP contribution < -0.4 is 24.3 Å². The number of benzene rings is 2. The van der Waals surface area contributed by atoms with E-state index in [0.29, 0.717) is 31.3 Å². The van der Waals surface area contributed by atoms with Gasteiger partial charge in [0.25, 0.3) is 0 Å². The highest BCUT2D eigenvalue weighted by molar-refractivity contribution is 5.54. The van der Waals surface area contributed by atoms with Crippen LogP contribution in [0.25, 0.3) is 0 Å². The zero-order valence-electron chi connectivity index (χ0n) is 13.4. The van der Waals surface area contributed by atoms with Gasteiger partial charge in [0, 0.05) is 18.7 Å². The van der Waals surface area contributed by atoms with Crippen LogP contribution in [0.3, 0.4) is 0 Å². The molecule has 5 nitrogen and oxygen atoms in total. The Balaban J connectivity index is 1.68. The molecule has 122 valence electrons. The van der Waals surface area contributed by atoms with Gasteiger partial charge in [-0.05, 0) is 23.8 Å². The second-order valence-electron chi connectivity index (χ2n) is 5.24. The molecule has 1 aliphatic rings. The summed E-state index contributed by atoms with van der Waals surface area (Å²) in [6.07, 6.45) is 0. The number of para-hydroxylation sites is 1. The Morgan fingerprint density at radius 1 is 0.957 bits per heavy atom. The molecule has 0 fully saturated rings. The molecule has 1 aliphatic heterocycles. The van der Waals surface area contributed by atoms with Crippen molar-refractivity contribution >= 4 is 0 Å². The van der Waals surface area contributed by atoms with E-state index in [1.807, 2.05) is 30.3 Å². The van der Waals surface area contributed by atoms with Crippen molar-refractivity contribution in [1.29, 1.82) is 0 Å². The van der Waals surface area contributed by atoms with Crippen molar-refractivity contribution in [2.75, 3.05) is 27.4 Å². The van der Waals surface area contributed by atoms with Crippen molar-refractivity contribution in [3.05, 3.63) is 47.5 Å². The van der Waals surface area contributed by atoms with E-state index in [2.05, 4.69) is 11.4 Å². The number of hydrogen-bond acceptors (Lipinski definition) is 5. The Bertz CT molecular complexity index is 655. The first-order valence-corrected chi connectivity index (χ1v) is 7.61. The van der Waals surface area contributed by atoms with Gasteiger partial charge in [-0.25, -0.2) is 0 Å². The van der Waals surface area contributed by atoms with Gasteiger partial charge >= 0.3 is 0 Å². The van der Waals surface area contributed by atoms with Gasteiger partial charge in [0.05, 0.1) is 14.2 Å². The van der Waals surface area contributed by atoms with Crippen LogP contribution in [0, 0.1) is 0 Å². The number of hydrogen-bond donors (Lipinski definition) is 1. The Hall–Kier alpha value is -2.40. The second kappa shape index (κ2) is 7.24. The van der Waals surface area contributed by atoms with Crippen molar-refractivity contribution in [2.24, 2.45) is 0 Å². The van der Waals surface area contributed by atoms with E-state index in [1.54, 1.807) is 14.2 Å². The third-order valence-corrected chi connectivity index (χ3v) is 3.72. The van der Waals surface area contributed by atoms with Crippen LogP contribution in [0.4, 0.5) is 0 Å². The first kappa shape index (κ1) is 15.5. The molecule has 0 amide bonds. The standard InChI is InChI=1S/C18H21NO4/c1-20-15-6-4-3-5-14(15)12-19-11-13-9-16(21-2)18-17(10-13)22-7-8-23-18/h3-6,9-10,19H,7-8,11-12H2,1-2H3. The molecule has 5 heteroatoms. The van der Waals surface area contributed by atoms with Crippen LogP contribution >= 0.6 is 0 Å². The fourth-order valence-corrected chi connectivity index (χ4v) is 2.62. The highest BCUT2D eigenvalue weighted by atomic mass is 16.6.